The quantitative estimate of drug-likeness (QED) is 0.574. The van der Waals surface area contributed by atoms with E-state index in [1.807, 2.05) is 24.3 Å². The van der Waals surface area contributed by atoms with Crippen LogP contribution in [0, 0.1) is 35.5 Å². The molecule has 4 fully saturated rings. The van der Waals surface area contributed by atoms with Crippen LogP contribution in [-0.2, 0) is 16.0 Å². The van der Waals surface area contributed by atoms with E-state index in [-0.39, 0.29) is 23.7 Å². The van der Waals surface area contributed by atoms with Crippen molar-refractivity contribution < 1.29 is 9.59 Å². The lowest BCUT2D eigenvalue weighted by Crippen LogP contribution is -2.15. The molecule has 4 aliphatic carbocycles. The highest BCUT2D eigenvalue weighted by molar-refractivity contribution is 5.95. The first-order valence-electron chi connectivity index (χ1n) is 13.0. The maximum absolute atomic E-state index is 12.6. The third-order valence-electron chi connectivity index (χ3n) is 8.77. The highest BCUT2D eigenvalue weighted by atomic mass is 16.2. The molecule has 0 radical (unpaired) electrons. The molecule has 33 heavy (non-hydrogen) atoms. The maximum Gasteiger partial charge on any atom is 0.228 e. The molecular formula is C29H34N2O2. The summed E-state index contributed by atoms with van der Waals surface area (Å²) in [7, 11) is 0. The monoisotopic (exact) mass is 442 g/mol. The Morgan fingerprint density at radius 3 is 1.24 bits per heavy atom. The second-order valence-corrected chi connectivity index (χ2v) is 10.8. The van der Waals surface area contributed by atoms with Gasteiger partial charge in [-0.25, -0.2) is 0 Å². The van der Waals surface area contributed by atoms with Gasteiger partial charge in [-0.1, -0.05) is 49.9 Å². The third-order valence-corrected chi connectivity index (χ3v) is 8.77. The van der Waals surface area contributed by atoms with Crippen molar-refractivity contribution in [2.24, 2.45) is 35.5 Å². The average molecular weight is 443 g/mol. The summed E-state index contributed by atoms with van der Waals surface area (Å²) in [6.45, 7) is 0. The molecule has 2 aromatic carbocycles. The average Bonchev–Trinajstić information content (AvgIpc) is 3.74. The molecule has 2 amide bonds. The topological polar surface area (TPSA) is 58.2 Å². The summed E-state index contributed by atoms with van der Waals surface area (Å²) in [6, 6.07) is 16.5. The number of carbonyl (C=O) groups is 2. The summed E-state index contributed by atoms with van der Waals surface area (Å²) in [5.74, 6) is 3.47. The first-order chi connectivity index (χ1) is 16.2. The minimum atomic E-state index is 0.211. The Labute approximate surface area is 196 Å². The van der Waals surface area contributed by atoms with Gasteiger partial charge in [0, 0.05) is 23.2 Å². The van der Waals surface area contributed by atoms with Crippen LogP contribution in [0.5, 0.6) is 0 Å². The van der Waals surface area contributed by atoms with Crippen molar-refractivity contribution in [2.45, 2.75) is 57.8 Å². The summed E-state index contributed by atoms with van der Waals surface area (Å²) in [4.78, 5) is 25.2. The van der Waals surface area contributed by atoms with E-state index in [1.54, 1.807) is 0 Å². The number of nitrogens with one attached hydrogen (secondary N) is 2. The Hall–Kier alpha value is -2.62. The molecule has 1 unspecified atom stereocenters. The van der Waals surface area contributed by atoms with Crippen LogP contribution >= 0.6 is 0 Å². The summed E-state index contributed by atoms with van der Waals surface area (Å²) in [5, 5.41) is 6.26. The van der Waals surface area contributed by atoms with Crippen molar-refractivity contribution in [2.75, 3.05) is 10.6 Å². The van der Waals surface area contributed by atoms with E-state index in [2.05, 4.69) is 34.9 Å². The van der Waals surface area contributed by atoms with Crippen molar-refractivity contribution >= 4 is 23.2 Å². The molecule has 2 aromatic rings. The lowest BCUT2D eigenvalue weighted by atomic mass is 10.0. The van der Waals surface area contributed by atoms with Gasteiger partial charge in [0.15, 0.2) is 0 Å². The number of benzene rings is 2. The van der Waals surface area contributed by atoms with Crippen LogP contribution in [0.3, 0.4) is 0 Å². The van der Waals surface area contributed by atoms with E-state index in [4.69, 9.17) is 0 Å². The zero-order chi connectivity index (χ0) is 22.4. The van der Waals surface area contributed by atoms with Crippen molar-refractivity contribution in [3.63, 3.8) is 0 Å². The molecule has 6 rings (SSSR count). The number of hydrogen-bond donors (Lipinski definition) is 2. The third kappa shape index (κ3) is 4.32. The number of fused-ring (bicyclic) bond motifs is 2. The van der Waals surface area contributed by atoms with Crippen LogP contribution in [0.25, 0.3) is 0 Å². The lowest BCUT2D eigenvalue weighted by molar-refractivity contribution is -0.118. The largest absolute Gasteiger partial charge is 0.326 e. The number of carbonyl (C=O) groups excluding carboxylic acids is 2. The predicted molar refractivity (Wildman–Crippen MR) is 131 cm³/mol. The number of amides is 2. The van der Waals surface area contributed by atoms with E-state index in [1.165, 1.54) is 62.5 Å². The van der Waals surface area contributed by atoms with Crippen LogP contribution in [-0.4, -0.2) is 11.8 Å². The zero-order valence-corrected chi connectivity index (χ0v) is 19.3. The van der Waals surface area contributed by atoms with Gasteiger partial charge in [-0.15, -0.1) is 0 Å². The van der Waals surface area contributed by atoms with E-state index < -0.39 is 0 Å². The SMILES string of the molecule is O=C(Nc1ccc(Cc2ccc(NC(=O)C3[C@H]4CCCC[C@@H]34)cc2)cc1)C1[C@H]2CCCC[C@H]12. The molecule has 0 bridgehead atoms. The standard InChI is InChI=1S/C29H34N2O2/c32-28(26-22-5-1-2-6-23(22)26)30-20-13-9-18(10-14-20)17-19-11-15-21(16-12-19)31-29(33)27-24-7-3-4-8-25(24)27/h9-16,22-27H,1-8,17H2,(H,30,32)(H,31,33)/t22-,23-,24-,25+,27?/m0/s1. The Bertz CT molecular complexity index is 921. The molecule has 172 valence electrons. The predicted octanol–water partition coefficient (Wildman–Crippen LogP) is 6.03. The van der Waals surface area contributed by atoms with E-state index in [0.29, 0.717) is 23.7 Å². The van der Waals surface area contributed by atoms with Gasteiger partial charge in [-0.3, -0.25) is 9.59 Å². The van der Waals surface area contributed by atoms with Crippen molar-refractivity contribution in [1.29, 1.82) is 0 Å². The van der Waals surface area contributed by atoms with Gasteiger partial charge in [-0.05, 0) is 91.2 Å². The van der Waals surface area contributed by atoms with Gasteiger partial charge in [0.2, 0.25) is 11.8 Å². The van der Waals surface area contributed by atoms with Crippen LogP contribution in [0.4, 0.5) is 11.4 Å². The maximum atomic E-state index is 12.6. The van der Waals surface area contributed by atoms with Crippen LogP contribution in [0.15, 0.2) is 48.5 Å². The van der Waals surface area contributed by atoms with Gasteiger partial charge < -0.3 is 10.6 Å². The molecule has 4 aliphatic rings. The van der Waals surface area contributed by atoms with E-state index in [9.17, 15) is 9.59 Å². The van der Waals surface area contributed by atoms with Gasteiger partial charge in [0.05, 0.1) is 0 Å². The molecule has 0 spiro atoms. The number of anilines is 2. The smallest absolute Gasteiger partial charge is 0.228 e. The summed E-state index contributed by atoms with van der Waals surface area (Å²) < 4.78 is 0. The molecule has 2 N–H and O–H groups in total. The molecule has 4 nitrogen and oxygen atoms in total. The fourth-order valence-corrected chi connectivity index (χ4v) is 6.86. The Morgan fingerprint density at radius 1 is 0.576 bits per heavy atom. The highest BCUT2D eigenvalue weighted by Crippen LogP contribution is 2.56. The molecule has 0 aromatic heterocycles. The molecule has 0 heterocycles. The zero-order valence-electron chi connectivity index (χ0n) is 19.3. The molecule has 4 saturated carbocycles. The number of rotatable bonds is 6. The highest BCUT2D eigenvalue weighted by Gasteiger charge is 2.55. The Balaban J connectivity index is 1.00. The van der Waals surface area contributed by atoms with Crippen LogP contribution in [0.2, 0.25) is 0 Å². The minimum absolute atomic E-state index is 0.211. The second kappa shape index (κ2) is 8.62. The Morgan fingerprint density at radius 2 is 0.909 bits per heavy atom. The van der Waals surface area contributed by atoms with E-state index >= 15 is 0 Å². The van der Waals surface area contributed by atoms with Gasteiger partial charge in [0.1, 0.15) is 0 Å². The summed E-state index contributed by atoms with van der Waals surface area (Å²) in [5.41, 5.74) is 4.22. The first-order valence-corrected chi connectivity index (χ1v) is 13.0. The second-order valence-electron chi connectivity index (χ2n) is 10.8. The van der Waals surface area contributed by atoms with Gasteiger partial charge in [0.25, 0.3) is 0 Å². The van der Waals surface area contributed by atoms with E-state index in [0.717, 1.165) is 17.8 Å². The molecule has 0 saturated heterocycles. The number of hydrogen-bond acceptors (Lipinski definition) is 2. The fraction of sp³-hybridized carbons (Fsp3) is 0.517. The summed E-state index contributed by atoms with van der Waals surface area (Å²) in [6.07, 6.45) is 10.9. The van der Waals surface area contributed by atoms with Crippen LogP contribution in [0.1, 0.15) is 62.5 Å². The summed E-state index contributed by atoms with van der Waals surface area (Å²) >= 11 is 0. The molecular weight excluding hydrogens is 408 g/mol. The molecule has 0 aliphatic heterocycles. The lowest BCUT2D eigenvalue weighted by Gasteiger charge is -2.08. The fourth-order valence-electron chi connectivity index (χ4n) is 6.86. The van der Waals surface area contributed by atoms with Crippen molar-refractivity contribution in [3.8, 4) is 0 Å². The van der Waals surface area contributed by atoms with Crippen molar-refractivity contribution in [3.05, 3.63) is 59.7 Å². The first kappa shape index (κ1) is 20.9. The van der Waals surface area contributed by atoms with Gasteiger partial charge in [-0.2, -0.15) is 0 Å². The van der Waals surface area contributed by atoms with Crippen molar-refractivity contribution in [1.82, 2.24) is 0 Å². The minimum Gasteiger partial charge on any atom is -0.326 e. The Kier molecular flexibility index (Phi) is 5.48. The van der Waals surface area contributed by atoms with Gasteiger partial charge >= 0.3 is 0 Å². The van der Waals surface area contributed by atoms with Crippen LogP contribution < -0.4 is 10.6 Å². The molecule has 5 atom stereocenters. The molecule has 4 heteroatoms. The normalized spacial score (nSPS) is 31.6.